The lowest BCUT2D eigenvalue weighted by Crippen LogP contribution is -2.43. The van der Waals surface area contributed by atoms with Crippen molar-refractivity contribution in [1.29, 1.82) is 0 Å². The molecule has 6 nitrogen and oxygen atoms in total. The largest absolute Gasteiger partial charge is 0.372 e. The molecule has 1 saturated heterocycles. The number of hydrogen-bond acceptors (Lipinski definition) is 5. The first-order valence-corrected chi connectivity index (χ1v) is 7.72. The van der Waals surface area contributed by atoms with Crippen LogP contribution in [-0.4, -0.2) is 43.8 Å². The predicted molar refractivity (Wildman–Crippen MR) is 84.2 cm³/mol. The number of nitrogens with one attached hydrogen (secondary N) is 1. The number of aryl methyl sites for hydroxylation is 1. The van der Waals surface area contributed by atoms with E-state index in [-0.39, 0.29) is 0 Å². The molecule has 0 aliphatic carbocycles. The normalized spacial score (nSPS) is 23.6. The first kappa shape index (κ1) is 14.3. The lowest BCUT2D eigenvalue weighted by molar-refractivity contribution is 0.0924. The van der Waals surface area contributed by atoms with Crippen LogP contribution in [0.1, 0.15) is 38.9 Å². The van der Waals surface area contributed by atoms with Crippen LogP contribution in [0, 0.1) is 0 Å². The van der Waals surface area contributed by atoms with Crippen LogP contribution in [0.15, 0.2) is 6.20 Å². The van der Waals surface area contributed by atoms with E-state index in [9.17, 15) is 0 Å². The maximum Gasteiger partial charge on any atom is 0.163 e. The van der Waals surface area contributed by atoms with E-state index in [1.165, 1.54) is 19.3 Å². The van der Waals surface area contributed by atoms with Gasteiger partial charge in [-0.05, 0) is 26.7 Å². The molecule has 0 aromatic carbocycles. The molecule has 2 unspecified atom stereocenters. The van der Waals surface area contributed by atoms with E-state index in [1.54, 1.807) is 0 Å². The van der Waals surface area contributed by atoms with E-state index >= 15 is 0 Å². The van der Waals surface area contributed by atoms with Crippen LogP contribution in [0.2, 0.25) is 0 Å². The summed E-state index contributed by atoms with van der Waals surface area (Å²) < 4.78 is 1.81. The van der Waals surface area contributed by atoms with Gasteiger partial charge in [0.15, 0.2) is 5.65 Å². The summed E-state index contributed by atoms with van der Waals surface area (Å²) in [5, 5.41) is 8.42. The molecule has 1 aliphatic rings. The van der Waals surface area contributed by atoms with Gasteiger partial charge >= 0.3 is 0 Å². The van der Waals surface area contributed by atoms with Gasteiger partial charge in [0.2, 0.25) is 0 Å². The Morgan fingerprint density at radius 2 is 1.95 bits per heavy atom. The highest BCUT2D eigenvalue weighted by atomic mass is 15.3. The number of rotatable bonds is 3. The summed E-state index contributed by atoms with van der Waals surface area (Å²) >= 11 is 0. The molecule has 3 heterocycles. The van der Waals surface area contributed by atoms with E-state index in [0.29, 0.717) is 12.1 Å². The second-order valence-electron chi connectivity index (χ2n) is 6.05. The molecule has 2 aromatic heterocycles. The van der Waals surface area contributed by atoms with Gasteiger partial charge in [-0.25, -0.2) is 9.97 Å². The highest BCUT2D eigenvalue weighted by molar-refractivity contribution is 5.86. The van der Waals surface area contributed by atoms with Crippen molar-refractivity contribution in [2.75, 3.05) is 12.4 Å². The molecule has 0 saturated carbocycles. The van der Waals surface area contributed by atoms with Gasteiger partial charge in [-0.15, -0.1) is 0 Å². The lowest BCUT2D eigenvalue weighted by atomic mass is 9.97. The van der Waals surface area contributed by atoms with Crippen LogP contribution < -0.4 is 5.32 Å². The van der Waals surface area contributed by atoms with Crippen LogP contribution in [-0.2, 0) is 13.6 Å². The Morgan fingerprint density at radius 3 is 2.62 bits per heavy atom. The molecule has 0 bridgehead atoms. The van der Waals surface area contributed by atoms with Gasteiger partial charge in [-0.3, -0.25) is 9.58 Å². The van der Waals surface area contributed by atoms with Crippen molar-refractivity contribution in [2.45, 2.75) is 51.7 Å². The van der Waals surface area contributed by atoms with E-state index in [1.807, 2.05) is 25.0 Å². The van der Waals surface area contributed by atoms with Gasteiger partial charge in [-0.2, -0.15) is 5.10 Å². The van der Waals surface area contributed by atoms with Crippen molar-refractivity contribution in [3.8, 4) is 0 Å². The molecule has 2 aromatic rings. The van der Waals surface area contributed by atoms with Crippen molar-refractivity contribution in [2.24, 2.45) is 7.05 Å². The molecule has 0 amide bonds. The summed E-state index contributed by atoms with van der Waals surface area (Å²) in [6.07, 6.45) is 5.66. The van der Waals surface area contributed by atoms with E-state index in [0.717, 1.165) is 29.2 Å². The molecule has 1 fully saturated rings. The Morgan fingerprint density at radius 1 is 1.24 bits per heavy atom. The summed E-state index contributed by atoms with van der Waals surface area (Å²) in [5.41, 5.74) is 0.890. The fourth-order valence-corrected chi connectivity index (χ4v) is 3.28. The molecule has 0 radical (unpaired) electrons. The monoisotopic (exact) mass is 288 g/mol. The van der Waals surface area contributed by atoms with E-state index in [4.69, 9.17) is 4.98 Å². The molecule has 21 heavy (non-hydrogen) atoms. The number of piperidine rings is 1. The Kier molecular flexibility index (Phi) is 3.80. The zero-order valence-electron chi connectivity index (χ0n) is 13.3. The second kappa shape index (κ2) is 5.60. The molecule has 2 atom stereocenters. The summed E-state index contributed by atoms with van der Waals surface area (Å²) in [7, 11) is 3.81. The quantitative estimate of drug-likeness (QED) is 0.938. The van der Waals surface area contributed by atoms with Crippen molar-refractivity contribution >= 4 is 16.9 Å². The number of aromatic nitrogens is 4. The van der Waals surface area contributed by atoms with Crippen LogP contribution in [0.4, 0.5) is 5.82 Å². The SMILES string of the molecule is CNc1nc(CN2C(C)CCCC2C)nc2c1cnn2C. The third-order valence-electron chi connectivity index (χ3n) is 4.58. The van der Waals surface area contributed by atoms with Crippen LogP contribution in [0.3, 0.4) is 0 Å². The number of fused-ring (bicyclic) bond motifs is 1. The number of likely N-dealkylation sites (tertiary alicyclic amines) is 1. The van der Waals surface area contributed by atoms with E-state index in [2.05, 4.69) is 34.1 Å². The smallest absolute Gasteiger partial charge is 0.163 e. The minimum absolute atomic E-state index is 0.595. The Labute approximate surface area is 125 Å². The molecular formula is C15H24N6. The van der Waals surface area contributed by atoms with Gasteiger partial charge in [0.25, 0.3) is 0 Å². The summed E-state index contributed by atoms with van der Waals surface area (Å²) in [5.74, 6) is 1.73. The van der Waals surface area contributed by atoms with Crippen LogP contribution in [0.25, 0.3) is 11.0 Å². The standard InChI is InChI=1S/C15H24N6/c1-10-6-5-7-11(2)21(10)9-13-18-14(16-3)12-8-17-20(4)15(12)19-13/h8,10-11H,5-7,9H2,1-4H3,(H,16,18,19). The zero-order valence-corrected chi connectivity index (χ0v) is 13.3. The van der Waals surface area contributed by atoms with Crippen molar-refractivity contribution < 1.29 is 0 Å². The molecule has 1 aliphatic heterocycles. The minimum atomic E-state index is 0.595. The van der Waals surface area contributed by atoms with Gasteiger partial charge in [-0.1, -0.05) is 6.42 Å². The Bertz CT molecular complexity index is 624. The predicted octanol–water partition coefficient (Wildman–Crippen LogP) is 2.17. The summed E-state index contributed by atoms with van der Waals surface area (Å²) in [6, 6.07) is 1.19. The molecule has 6 heteroatoms. The topological polar surface area (TPSA) is 58.9 Å². The number of hydrogen-bond donors (Lipinski definition) is 1. The summed E-state index contributed by atoms with van der Waals surface area (Å²) in [4.78, 5) is 11.9. The second-order valence-corrected chi connectivity index (χ2v) is 6.05. The fraction of sp³-hybridized carbons (Fsp3) is 0.667. The molecule has 1 N–H and O–H groups in total. The minimum Gasteiger partial charge on any atom is -0.372 e. The van der Waals surface area contributed by atoms with Crippen molar-refractivity contribution in [1.82, 2.24) is 24.6 Å². The third kappa shape index (κ3) is 2.60. The van der Waals surface area contributed by atoms with Gasteiger partial charge < -0.3 is 5.32 Å². The zero-order chi connectivity index (χ0) is 15.0. The third-order valence-corrected chi connectivity index (χ3v) is 4.58. The Balaban J connectivity index is 1.94. The summed E-state index contributed by atoms with van der Waals surface area (Å²) in [6.45, 7) is 5.41. The number of anilines is 1. The maximum atomic E-state index is 4.71. The highest BCUT2D eigenvalue weighted by Gasteiger charge is 2.25. The van der Waals surface area contributed by atoms with Crippen LogP contribution >= 0.6 is 0 Å². The fourth-order valence-electron chi connectivity index (χ4n) is 3.28. The molecular weight excluding hydrogens is 264 g/mol. The van der Waals surface area contributed by atoms with Gasteiger partial charge in [0.05, 0.1) is 18.1 Å². The van der Waals surface area contributed by atoms with E-state index < -0.39 is 0 Å². The first-order valence-electron chi connectivity index (χ1n) is 7.72. The average Bonchev–Trinajstić information content (AvgIpc) is 2.84. The molecule has 114 valence electrons. The van der Waals surface area contributed by atoms with Gasteiger partial charge in [0, 0.05) is 26.2 Å². The molecule has 3 rings (SSSR count). The van der Waals surface area contributed by atoms with Crippen LogP contribution in [0.5, 0.6) is 0 Å². The lowest BCUT2D eigenvalue weighted by Gasteiger charge is -2.38. The van der Waals surface area contributed by atoms with Crippen molar-refractivity contribution in [3.05, 3.63) is 12.0 Å². The average molecular weight is 288 g/mol. The number of nitrogens with zero attached hydrogens (tertiary/aromatic N) is 5. The van der Waals surface area contributed by atoms with Crippen molar-refractivity contribution in [3.63, 3.8) is 0 Å². The Hall–Kier alpha value is -1.69. The first-order chi connectivity index (χ1) is 10.1. The highest BCUT2D eigenvalue weighted by Crippen LogP contribution is 2.25. The molecule has 0 spiro atoms. The van der Waals surface area contributed by atoms with Gasteiger partial charge in [0.1, 0.15) is 11.6 Å². The maximum absolute atomic E-state index is 4.71.